The third-order valence-corrected chi connectivity index (χ3v) is 5.24. The number of carbonyl (C=O) groups is 2. The molecule has 2 rings (SSSR count). The van der Waals surface area contributed by atoms with Gasteiger partial charge in [0.2, 0.25) is 11.8 Å². The average Bonchev–Trinajstić information content (AvgIpc) is 2.90. The lowest BCUT2D eigenvalue weighted by atomic mass is 9.96. The van der Waals surface area contributed by atoms with Gasteiger partial charge >= 0.3 is 0 Å². The van der Waals surface area contributed by atoms with Crippen LogP contribution in [0.1, 0.15) is 45.0 Å². The lowest BCUT2D eigenvalue weighted by molar-refractivity contribution is -0.137. The van der Waals surface area contributed by atoms with E-state index in [1.54, 1.807) is 0 Å². The van der Waals surface area contributed by atoms with Crippen molar-refractivity contribution < 1.29 is 9.59 Å². The van der Waals surface area contributed by atoms with Crippen molar-refractivity contribution in [2.24, 2.45) is 5.92 Å². The van der Waals surface area contributed by atoms with Gasteiger partial charge in [-0.15, -0.1) is 0 Å². The molecule has 2 heterocycles. The third-order valence-electron chi connectivity index (χ3n) is 5.24. The summed E-state index contributed by atoms with van der Waals surface area (Å²) in [5.41, 5.74) is 2.63. The van der Waals surface area contributed by atoms with E-state index in [1.165, 1.54) is 0 Å². The van der Waals surface area contributed by atoms with Gasteiger partial charge in [0.1, 0.15) is 0 Å². The van der Waals surface area contributed by atoms with Crippen LogP contribution in [0.25, 0.3) is 0 Å². The van der Waals surface area contributed by atoms with E-state index in [-0.39, 0.29) is 17.7 Å². The first-order valence-corrected chi connectivity index (χ1v) is 9.76. The number of carbonyl (C=O) groups excluding carboxylic acids is 2. The molecule has 0 saturated carbocycles. The Kier molecular flexibility index (Phi) is 7.20. The molecule has 1 aliphatic heterocycles. The predicted octanol–water partition coefficient (Wildman–Crippen LogP) is 2.04. The van der Waals surface area contributed by atoms with Gasteiger partial charge in [0.15, 0.2) is 0 Å². The number of aromatic nitrogens is 2. The topological polar surface area (TPSA) is 70.5 Å². The first kappa shape index (κ1) is 20.4. The molecule has 2 amide bonds. The quantitative estimate of drug-likeness (QED) is 0.805. The largest absolute Gasteiger partial charge is 0.343 e. The van der Waals surface area contributed by atoms with E-state index >= 15 is 0 Å². The van der Waals surface area contributed by atoms with Crippen molar-refractivity contribution in [1.82, 2.24) is 19.6 Å². The van der Waals surface area contributed by atoms with Gasteiger partial charge in [0.05, 0.1) is 29.5 Å². The minimum atomic E-state index is -0.0391. The summed E-state index contributed by atoms with van der Waals surface area (Å²) in [6, 6.07) is 0. The number of anilines is 1. The molecule has 0 aliphatic carbocycles. The fraction of sp³-hybridized carbons (Fsp3) is 0.737. The summed E-state index contributed by atoms with van der Waals surface area (Å²) in [5, 5.41) is 7.45. The van der Waals surface area contributed by atoms with Gasteiger partial charge in [-0.1, -0.05) is 0 Å². The molecule has 1 atom stereocenters. The van der Waals surface area contributed by atoms with E-state index in [9.17, 15) is 9.59 Å². The minimum absolute atomic E-state index is 0.00256. The smallest absolute Gasteiger partial charge is 0.238 e. The summed E-state index contributed by atoms with van der Waals surface area (Å²) in [5.74, 6) is 0.182. The SMILES string of the molecule is CCN(CC)C(=O)[C@@H]1CCCN(CC(=O)Nc2c(C)nn(CC)c2C)C1. The molecule has 1 saturated heterocycles. The second-order valence-electron chi connectivity index (χ2n) is 6.99. The summed E-state index contributed by atoms with van der Waals surface area (Å²) in [4.78, 5) is 29.1. The number of hydrogen-bond acceptors (Lipinski definition) is 4. The Labute approximate surface area is 156 Å². The normalized spacial score (nSPS) is 18.0. The van der Waals surface area contributed by atoms with E-state index in [4.69, 9.17) is 0 Å². The number of aryl methyl sites for hydroxylation is 2. The van der Waals surface area contributed by atoms with Crippen LogP contribution in [0.3, 0.4) is 0 Å². The highest BCUT2D eigenvalue weighted by molar-refractivity contribution is 5.93. The molecule has 1 aromatic rings. The first-order valence-electron chi connectivity index (χ1n) is 9.76. The molecule has 7 heteroatoms. The van der Waals surface area contributed by atoms with Gasteiger partial charge in [-0.25, -0.2) is 0 Å². The maximum Gasteiger partial charge on any atom is 0.238 e. The molecular weight excluding hydrogens is 330 g/mol. The fourth-order valence-corrected chi connectivity index (χ4v) is 3.76. The van der Waals surface area contributed by atoms with E-state index in [0.717, 1.165) is 56.1 Å². The van der Waals surface area contributed by atoms with Crippen LogP contribution in [0.2, 0.25) is 0 Å². The predicted molar refractivity (Wildman–Crippen MR) is 103 cm³/mol. The van der Waals surface area contributed by atoms with Crippen molar-refractivity contribution in [2.75, 3.05) is 38.0 Å². The Balaban J connectivity index is 1.95. The molecule has 0 radical (unpaired) electrons. The molecule has 146 valence electrons. The first-order chi connectivity index (χ1) is 12.4. The second kappa shape index (κ2) is 9.16. The Morgan fingerprint density at radius 2 is 1.92 bits per heavy atom. The lowest BCUT2D eigenvalue weighted by Gasteiger charge is -2.34. The van der Waals surface area contributed by atoms with Crippen molar-refractivity contribution in [3.63, 3.8) is 0 Å². The van der Waals surface area contributed by atoms with Crippen LogP contribution in [-0.4, -0.2) is 64.1 Å². The standard InChI is InChI=1S/C19H33N5O2/c1-6-23(7-2)19(26)16-10-9-11-22(12-16)13-17(25)20-18-14(4)21-24(8-3)15(18)5/h16H,6-13H2,1-5H3,(H,20,25)/t16-/m1/s1. The Hall–Kier alpha value is -1.89. The Bertz CT molecular complexity index is 636. The zero-order valence-electron chi connectivity index (χ0n) is 16.8. The zero-order chi connectivity index (χ0) is 19.3. The van der Waals surface area contributed by atoms with Gasteiger partial charge in [-0.05, 0) is 54.0 Å². The molecule has 1 aliphatic rings. The third kappa shape index (κ3) is 4.63. The maximum atomic E-state index is 12.6. The summed E-state index contributed by atoms with van der Waals surface area (Å²) < 4.78 is 1.89. The van der Waals surface area contributed by atoms with Gasteiger partial charge in [-0.3, -0.25) is 19.2 Å². The highest BCUT2D eigenvalue weighted by atomic mass is 16.2. The number of likely N-dealkylation sites (tertiary alicyclic amines) is 1. The molecule has 0 spiro atoms. The molecule has 0 aromatic carbocycles. The van der Waals surface area contributed by atoms with Crippen LogP contribution in [0.15, 0.2) is 0 Å². The van der Waals surface area contributed by atoms with Crippen LogP contribution in [0, 0.1) is 19.8 Å². The number of nitrogens with zero attached hydrogens (tertiary/aromatic N) is 4. The van der Waals surface area contributed by atoms with E-state index < -0.39 is 0 Å². The monoisotopic (exact) mass is 363 g/mol. The molecule has 0 unspecified atom stereocenters. The molecule has 1 aromatic heterocycles. The molecule has 0 bridgehead atoms. The second-order valence-corrected chi connectivity index (χ2v) is 6.99. The molecule has 1 fully saturated rings. The van der Waals surface area contributed by atoms with Crippen molar-refractivity contribution in [3.8, 4) is 0 Å². The van der Waals surface area contributed by atoms with Gasteiger partial charge in [0.25, 0.3) is 0 Å². The number of nitrogens with one attached hydrogen (secondary N) is 1. The van der Waals surface area contributed by atoms with E-state index in [0.29, 0.717) is 13.1 Å². The van der Waals surface area contributed by atoms with Crippen LogP contribution in [0.4, 0.5) is 5.69 Å². The minimum Gasteiger partial charge on any atom is -0.343 e. The summed E-state index contributed by atoms with van der Waals surface area (Å²) in [7, 11) is 0. The Morgan fingerprint density at radius 3 is 2.50 bits per heavy atom. The maximum absolute atomic E-state index is 12.6. The average molecular weight is 364 g/mol. The molecule has 1 N–H and O–H groups in total. The van der Waals surface area contributed by atoms with Gasteiger partial charge < -0.3 is 10.2 Å². The molecule has 26 heavy (non-hydrogen) atoms. The number of hydrogen-bond donors (Lipinski definition) is 1. The van der Waals surface area contributed by atoms with Crippen molar-refractivity contribution in [2.45, 2.75) is 54.0 Å². The number of piperidine rings is 1. The zero-order valence-corrected chi connectivity index (χ0v) is 16.8. The number of rotatable bonds is 7. The summed E-state index contributed by atoms with van der Waals surface area (Å²) in [6.45, 7) is 14.0. The Morgan fingerprint density at radius 1 is 1.23 bits per heavy atom. The van der Waals surface area contributed by atoms with Crippen LogP contribution < -0.4 is 5.32 Å². The van der Waals surface area contributed by atoms with Crippen LogP contribution in [-0.2, 0) is 16.1 Å². The highest BCUT2D eigenvalue weighted by Crippen LogP contribution is 2.21. The lowest BCUT2D eigenvalue weighted by Crippen LogP contribution is -2.46. The molecular formula is C19H33N5O2. The van der Waals surface area contributed by atoms with Crippen molar-refractivity contribution in [1.29, 1.82) is 0 Å². The van der Waals surface area contributed by atoms with Crippen LogP contribution >= 0.6 is 0 Å². The fourth-order valence-electron chi connectivity index (χ4n) is 3.76. The highest BCUT2D eigenvalue weighted by Gasteiger charge is 2.29. The van der Waals surface area contributed by atoms with Gasteiger partial charge in [0, 0.05) is 26.2 Å². The molecule has 7 nitrogen and oxygen atoms in total. The van der Waals surface area contributed by atoms with E-state index in [1.807, 2.05) is 44.2 Å². The number of amides is 2. The van der Waals surface area contributed by atoms with Crippen molar-refractivity contribution >= 4 is 17.5 Å². The van der Waals surface area contributed by atoms with E-state index in [2.05, 4.69) is 15.3 Å². The summed E-state index contributed by atoms with van der Waals surface area (Å²) >= 11 is 0. The van der Waals surface area contributed by atoms with Crippen molar-refractivity contribution in [3.05, 3.63) is 11.4 Å². The van der Waals surface area contributed by atoms with Gasteiger partial charge in [-0.2, -0.15) is 5.10 Å². The summed E-state index contributed by atoms with van der Waals surface area (Å²) in [6.07, 6.45) is 1.87. The van der Waals surface area contributed by atoms with Crippen LogP contribution in [0.5, 0.6) is 0 Å².